The molecule has 0 saturated carbocycles. The third-order valence-electron chi connectivity index (χ3n) is 13.5. The van der Waals surface area contributed by atoms with E-state index in [-0.39, 0.29) is 0 Å². The van der Waals surface area contributed by atoms with Crippen LogP contribution in [0.3, 0.4) is 0 Å². The molecular weight excluding hydrogens is 809 g/mol. The molecule has 300 valence electrons. The molecule has 0 aliphatic heterocycles. The van der Waals surface area contributed by atoms with Gasteiger partial charge in [0.2, 0.25) is 0 Å². The first kappa shape index (κ1) is 36.9. The molecule has 0 amide bonds. The molecule has 0 N–H and O–H groups in total. The lowest BCUT2D eigenvalue weighted by Gasteiger charge is -2.34. The van der Waals surface area contributed by atoms with Gasteiger partial charge < -0.3 is 9.13 Å². The predicted molar refractivity (Wildman–Crippen MR) is 277 cm³/mol. The first-order valence-electron chi connectivity index (χ1n) is 22.0. The molecule has 0 aliphatic rings. The van der Waals surface area contributed by atoms with Crippen LogP contribution in [-0.2, 0) is 0 Å². The molecule has 3 heterocycles. The standard InChI is InChI=1S/C60H40N2SSi/c1-4-17-44(18-5-1)64(45-19-6-2-7-20-45,46-21-8-3-9-22-46)47-35-32-42(33-36-47)61-54-27-13-11-24-50(54)53-40-43(34-38-57(53)61)62-55-28-14-10-23-49(55)52-39-41(31-37-56(52)62)48-26-16-30-59-60(48)51-25-12-15-29-58(51)63-59/h1-40H. The average molecular weight is 849 g/mol. The van der Waals surface area contributed by atoms with Crippen LogP contribution in [0.25, 0.3) is 86.3 Å². The molecular formula is C60H40N2SSi. The Hall–Kier alpha value is -7.76. The molecule has 0 radical (unpaired) electrons. The van der Waals surface area contributed by atoms with Crippen LogP contribution < -0.4 is 20.7 Å². The summed E-state index contributed by atoms with van der Waals surface area (Å²) in [5.74, 6) is 0. The summed E-state index contributed by atoms with van der Waals surface area (Å²) in [7, 11) is -2.65. The quantitative estimate of drug-likeness (QED) is 0.112. The highest BCUT2D eigenvalue weighted by Crippen LogP contribution is 2.42. The Bertz CT molecular complexity index is 3790. The van der Waals surface area contributed by atoms with Crippen LogP contribution in [0.1, 0.15) is 0 Å². The van der Waals surface area contributed by atoms with E-state index in [0.29, 0.717) is 0 Å². The van der Waals surface area contributed by atoms with Crippen LogP contribution in [0.4, 0.5) is 0 Å². The molecule has 0 aliphatic carbocycles. The van der Waals surface area contributed by atoms with E-state index in [0.717, 1.165) is 11.4 Å². The largest absolute Gasteiger partial charge is 0.309 e. The van der Waals surface area contributed by atoms with Crippen molar-refractivity contribution in [1.29, 1.82) is 0 Å². The van der Waals surface area contributed by atoms with Crippen molar-refractivity contribution < 1.29 is 0 Å². The molecule has 0 saturated heterocycles. The Morgan fingerprint density at radius 2 is 0.750 bits per heavy atom. The Morgan fingerprint density at radius 1 is 0.297 bits per heavy atom. The second-order valence-corrected chi connectivity index (χ2v) is 21.7. The van der Waals surface area contributed by atoms with E-state index >= 15 is 0 Å². The highest BCUT2D eigenvalue weighted by atomic mass is 32.1. The molecule has 13 rings (SSSR count). The zero-order valence-corrected chi connectivity index (χ0v) is 36.7. The zero-order chi connectivity index (χ0) is 42.2. The van der Waals surface area contributed by atoms with Crippen LogP contribution in [0.2, 0.25) is 0 Å². The summed E-state index contributed by atoms with van der Waals surface area (Å²) in [5.41, 5.74) is 9.62. The van der Waals surface area contributed by atoms with Crippen LogP contribution >= 0.6 is 11.3 Å². The minimum atomic E-state index is -2.65. The van der Waals surface area contributed by atoms with Gasteiger partial charge in [0.15, 0.2) is 8.07 Å². The fourth-order valence-electron chi connectivity index (χ4n) is 10.7. The maximum absolute atomic E-state index is 2.65. The number of fused-ring (bicyclic) bond motifs is 9. The van der Waals surface area contributed by atoms with Crippen LogP contribution in [0.5, 0.6) is 0 Å². The van der Waals surface area contributed by atoms with E-state index in [1.807, 2.05) is 11.3 Å². The van der Waals surface area contributed by atoms with Gasteiger partial charge in [-0.3, -0.25) is 0 Å². The maximum Gasteiger partial charge on any atom is 0.179 e. The minimum Gasteiger partial charge on any atom is -0.309 e. The number of aromatic nitrogens is 2. The fourth-order valence-corrected chi connectivity index (χ4v) is 16.6. The van der Waals surface area contributed by atoms with Gasteiger partial charge in [0.25, 0.3) is 0 Å². The van der Waals surface area contributed by atoms with Gasteiger partial charge in [0, 0.05) is 53.1 Å². The van der Waals surface area contributed by atoms with Crippen molar-refractivity contribution in [1.82, 2.24) is 9.13 Å². The van der Waals surface area contributed by atoms with Gasteiger partial charge in [-0.15, -0.1) is 11.3 Å². The zero-order valence-electron chi connectivity index (χ0n) is 34.9. The molecule has 0 bridgehead atoms. The summed E-state index contributed by atoms with van der Waals surface area (Å²) in [4.78, 5) is 0. The normalized spacial score (nSPS) is 12.1. The molecule has 3 aromatic heterocycles. The first-order chi connectivity index (χ1) is 31.8. The maximum atomic E-state index is 2.45. The Morgan fingerprint density at radius 3 is 1.38 bits per heavy atom. The summed E-state index contributed by atoms with van der Waals surface area (Å²) in [6.07, 6.45) is 0. The first-order valence-corrected chi connectivity index (χ1v) is 24.8. The van der Waals surface area contributed by atoms with E-state index in [2.05, 4.69) is 252 Å². The van der Waals surface area contributed by atoms with Gasteiger partial charge in [0.1, 0.15) is 0 Å². The highest BCUT2D eigenvalue weighted by molar-refractivity contribution is 7.26. The van der Waals surface area contributed by atoms with E-state index in [4.69, 9.17) is 0 Å². The molecule has 10 aromatic carbocycles. The smallest absolute Gasteiger partial charge is 0.179 e. The second-order valence-electron chi connectivity index (χ2n) is 16.8. The van der Waals surface area contributed by atoms with Gasteiger partial charge >= 0.3 is 0 Å². The van der Waals surface area contributed by atoms with E-state index in [9.17, 15) is 0 Å². The number of thiophene rings is 1. The Kier molecular flexibility index (Phi) is 8.45. The molecule has 0 spiro atoms. The van der Waals surface area contributed by atoms with Crippen LogP contribution in [0.15, 0.2) is 243 Å². The predicted octanol–water partition coefficient (Wildman–Crippen LogP) is 13.3. The fraction of sp³-hybridized carbons (Fsp3) is 0. The molecule has 4 heteroatoms. The summed E-state index contributed by atoms with van der Waals surface area (Å²) in [5, 5.41) is 13.1. The third kappa shape index (κ3) is 5.50. The number of hydrogen-bond donors (Lipinski definition) is 0. The van der Waals surface area contributed by atoms with Gasteiger partial charge in [-0.25, -0.2) is 0 Å². The van der Waals surface area contributed by atoms with E-state index in [1.165, 1.54) is 95.7 Å². The molecule has 13 aromatic rings. The monoisotopic (exact) mass is 848 g/mol. The van der Waals surface area contributed by atoms with E-state index < -0.39 is 8.07 Å². The molecule has 64 heavy (non-hydrogen) atoms. The molecule has 2 nitrogen and oxygen atoms in total. The van der Waals surface area contributed by atoms with Crippen LogP contribution in [0, 0.1) is 0 Å². The van der Waals surface area contributed by atoms with Crippen molar-refractivity contribution in [3.05, 3.63) is 243 Å². The Balaban J connectivity index is 0.968. The van der Waals surface area contributed by atoms with Crippen molar-refractivity contribution in [2.75, 3.05) is 0 Å². The molecule has 0 fully saturated rings. The summed E-state index contributed by atoms with van der Waals surface area (Å²) < 4.78 is 7.55. The third-order valence-corrected chi connectivity index (χ3v) is 19.4. The van der Waals surface area contributed by atoms with Gasteiger partial charge in [-0.05, 0) is 98.6 Å². The summed E-state index contributed by atoms with van der Waals surface area (Å²) in [6, 6.07) is 90.3. The van der Waals surface area contributed by atoms with Gasteiger partial charge in [-0.2, -0.15) is 0 Å². The van der Waals surface area contributed by atoms with Gasteiger partial charge in [0.05, 0.1) is 22.1 Å². The van der Waals surface area contributed by atoms with Crippen molar-refractivity contribution in [3.8, 4) is 22.5 Å². The lowest BCUT2D eigenvalue weighted by Crippen LogP contribution is -2.74. The number of rotatable bonds is 7. The number of para-hydroxylation sites is 2. The second kappa shape index (κ2) is 14.7. The highest BCUT2D eigenvalue weighted by Gasteiger charge is 2.41. The topological polar surface area (TPSA) is 9.86 Å². The number of nitrogens with zero attached hydrogens (tertiary/aromatic N) is 2. The lowest BCUT2D eigenvalue weighted by atomic mass is 9.98. The number of hydrogen-bond acceptors (Lipinski definition) is 1. The summed E-state index contributed by atoms with van der Waals surface area (Å²) >= 11 is 1.87. The van der Waals surface area contributed by atoms with Crippen LogP contribution in [-0.4, -0.2) is 17.2 Å². The van der Waals surface area contributed by atoms with E-state index in [1.54, 1.807) is 0 Å². The van der Waals surface area contributed by atoms with Crippen molar-refractivity contribution in [2.45, 2.75) is 0 Å². The lowest BCUT2D eigenvalue weighted by molar-refractivity contribution is 1.17. The SMILES string of the molecule is c1ccc([Si](c2ccccc2)(c2ccccc2)c2ccc(-n3c4ccccc4c4cc(-n5c6ccccc6c6cc(-c7cccc8sc9ccccc9c78)ccc65)ccc43)cc2)cc1. The molecule has 0 atom stereocenters. The summed E-state index contributed by atoms with van der Waals surface area (Å²) in [6.45, 7) is 0. The Labute approximate surface area is 376 Å². The van der Waals surface area contributed by atoms with Gasteiger partial charge in [-0.1, -0.05) is 176 Å². The minimum absolute atomic E-state index is 1.15. The average Bonchev–Trinajstić information content (AvgIpc) is 4.03. The number of benzene rings is 10. The molecule has 0 unspecified atom stereocenters. The van der Waals surface area contributed by atoms with Crippen molar-refractivity contribution >= 4 is 104 Å². The van der Waals surface area contributed by atoms with Crippen molar-refractivity contribution in [3.63, 3.8) is 0 Å². The van der Waals surface area contributed by atoms with Crippen molar-refractivity contribution in [2.24, 2.45) is 0 Å².